The van der Waals surface area contributed by atoms with Crippen LogP contribution in [0.15, 0.2) is 42.7 Å². The molecule has 2 fully saturated rings. The molecule has 1 saturated carbocycles. The van der Waals surface area contributed by atoms with Gasteiger partial charge in [-0.05, 0) is 92.4 Å². The molecule has 1 aromatic heterocycles. The van der Waals surface area contributed by atoms with E-state index in [1.165, 1.54) is 34.4 Å². The van der Waals surface area contributed by atoms with Crippen molar-refractivity contribution >= 4 is 5.91 Å². The van der Waals surface area contributed by atoms with Crippen LogP contribution in [0.3, 0.4) is 0 Å². The minimum Gasteiger partial charge on any atom is -0.496 e. The first-order valence-corrected chi connectivity index (χ1v) is 12.6. The monoisotopic (exact) mass is 476 g/mol. The highest BCUT2D eigenvalue weighted by atomic mass is 16.5. The molecule has 3 aromatic rings. The number of nitrogens with one attached hydrogen (secondary N) is 1. The molecule has 3 N–H and O–H groups in total. The van der Waals surface area contributed by atoms with Gasteiger partial charge in [0.2, 0.25) is 5.91 Å². The summed E-state index contributed by atoms with van der Waals surface area (Å²) in [6.07, 6.45) is 6.64. The second kappa shape index (κ2) is 9.77. The van der Waals surface area contributed by atoms with Crippen LogP contribution in [-0.4, -0.2) is 51.2 Å². The molecule has 3 unspecified atom stereocenters. The fourth-order valence-electron chi connectivity index (χ4n) is 5.94. The number of ether oxygens (including phenoxy) is 1. The SMILES string of the molecule is COc1ccc(CN2CCCC3CC(NC(=O)Cc4ccc(-n5cnn5N)cc4)CC32)c(C)c1C. The standard InChI is InChI=1S/C27H36N6O2/c1-18-19(2)26(35-3)11-8-22(18)16-31-12-4-5-21-14-23(15-25(21)31)30-27(34)13-20-6-9-24(10-7-20)32-17-29-33(32)28/h6-11,17,21,23,25H,4-5,12-16,28H2,1-3H3,(H,30,34). The van der Waals surface area contributed by atoms with Crippen molar-refractivity contribution in [3.8, 4) is 11.4 Å². The number of hydrogen-bond donors (Lipinski definition) is 2. The van der Waals surface area contributed by atoms with E-state index < -0.39 is 0 Å². The number of likely N-dealkylation sites (tertiary alicyclic amines) is 1. The van der Waals surface area contributed by atoms with E-state index in [9.17, 15) is 4.79 Å². The molecule has 0 bridgehead atoms. The molecule has 1 aliphatic heterocycles. The van der Waals surface area contributed by atoms with Crippen LogP contribution in [0.2, 0.25) is 0 Å². The molecule has 0 spiro atoms. The molecule has 8 heteroatoms. The largest absolute Gasteiger partial charge is 0.496 e. The molecule has 1 aliphatic carbocycles. The maximum absolute atomic E-state index is 12.8. The Morgan fingerprint density at radius 3 is 2.63 bits per heavy atom. The predicted molar refractivity (Wildman–Crippen MR) is 136 cm³/mol. The molecular formula is C27H36N6O2. The van der Waals surface area contributed by atoms with Crippen LogP contribution in [0.5, 0.6) is 5.75 Å². The van der Waals surface area contributed by atoms with Crippen LogP contribution >= 0.6 is 0 Å². The van der Waals surface area contributed by atoms with Gasteiger partial charge in [-0.1, -0.05) is 18.2 Å². The number of nitrogens with zero attached hydrogens (tertiary/aromatic N) is 4. The van der Waals surface area contributed by atoms with E-state index in [2.05, 4.69) is 41.3 Å². The van der Waals surface area contributed by atoms with Gasteiger partial charge >= 0.3 is 0 Å². The number of methoxy groups -OCH3 is 1. The van der Waals surface area contributed by atoms with Gasteiger partial charge in [0.1, 0.15) is 12.1 Å². The molecule has 2 aliphatic rings. The van der Waals surface area contributed by atoms with Crippen LogP contribution in [-0.2, 0) is 17.8 Å². The molecular weight excluding hydrogens is 440 g/mol. The molecule has 5 rings (SSSR count). The summed E-state index contributed by atoms with van der Waals surface area (Å²) in [5.41, 5.74) is 5.84. The third kappa shape index (κ3) is 4.80. The third-order valence-corrected chi connectivity index (χ3v) is 8.02. The number of benzene rings is 2. The Hall–Kier alpha value is -3.26. The molecule has 2 heterocycles. The second-order valence-electron chi connectivity index (χ2n) is 10.1. The average molecular weight is 477 g/mol. The molecule has 35 heavy (non-hydrogen) atoms. The summed E-state index contributed by atoms with van der Waals surface area (Å²) in [5.74, 6) is 7.39. The van der Waals surface area contributed by atoms with Gasteiger partial charge in [0.25, 0.3) is 0 Å². The summed E-state index contributed by atoms with van der Waals surface area (Å²) >= 11 is 0. The number of nitrogen functional groups attached to an aromatic ring is 1. The van der Waals surface area contributed by atoms with Crippen LogP contribution in [0.1, 0.15) is 47.9 Å². The highest BCUT2D eigenvalue weighted by Gasteiger charge is 2.40. The third-order valence-electron chi connectivity index (χ3n) is 8.02. The summed E-state index contributed by atoms with van der Waals surface area (Å²) in [7, 11) is 1.73. The van der Waals surface area contributed by atoms with Crippen molar-refractivity contribution in [1.29, 1.82) is 0 Å². The Balaban J connectivity index is 1.18. The second-order valence-corrected chi connectivity index (χ2v) is 10.1. The lowest BCUT2D eigenvalue weighted by Crippen LogP contribution is -2.42. The zero-order chi connectivity index (χ0) is 24.5. The van der Waals surface area contributed by atoms with E-state index in [0.717, 1.165) is 42.9 Å². The Morgan fingerprint density at radius 2 is 1.94 bits per heavy atom. The lowest BCUT2D eigenvalue weighted by Gasteiger charge is -2.38. The zero-order valence-corrected chi connectivity index (χ0v) is 20.9. The number of hydrogen-bond acceptors (Lipinski definition) is 5. The van der Waals surface area contributed by atoms with Crippen LogP contribution in [0.4, 0.5) is 0 Å². The summed E-state index contributed by atoms with van der Waals surface area (Å²) < 4.78 is 7.23. The van der Waals surface area contributed by atoms with Gasteiger partial charge in [-0.2, -0.15) is 0 Å². The van der Waals surface area contributed by atoms with Gasteiger partial charge in [0.05, 0.1) is 19.2 Å². The lowest BCUT2D eigenvalue weighted by atomic mass is 9.91. The number of carbonyl (C=O) groups excluding carboxylic acids is 1. The number of rotatable bonds is 7. The summed E-state index contributed by atoms with van der Waals surface area (Å²) in [4.78, 5) is 16.8. The maximum atomic E-state index is 12.8. The number of fused-ring (bicyclic) bond motifs is 1. The van der Waals surface area contributed by atoms with E-state index >= 15 is 0 Å². The van der Waals surface area contributed by atoms with Crippen molar-refractivity contribution in [2.75, 3.05) is 19.5 Å². The molecule has 186 valence electrons. The predicted octanol–water partition coefficient (Wildman–Crippen LogP) is 3.11. The van der Waals surface area contributed by atoms with E-state index in [4.69, 9.17) is 10.6 Å². The lowest BCUT2D eigenvalue weighted by molar-refractivity contribution is -0.121. The quantitative estimate of drug-likeness (QED) is 0.512. The Kier molecular flexibility index (Phi) is 6.56. The highest BCUT2D eigenvalue weighted by Crippen LogP contribution is 2.38. The van der Waals surface area contributed by atoms with Crippen molar-refractivity contribution in [3.05, 3.63) is 65.0 Å². The number of aromatic nitrogens is 3. The van der Waals surface area contributed by atoms with Crippen LogP contribution < -0.4 is 15.9 Å². The van der Waals surface area contributed by atoms with E-state index in [-0.39, 0.29) is 11.9 Å². The van der Waals surface area contributed by atoms with Crippen molar-refractivity contribution in [2.45, 2.75) is 64.6 Å². The number of carbonyl (C=O) groups is 1. The molecule has 1 saturated heterocycles. The van der Waals surface area contributed by atoms with E-state index in [1.807, 2.05) is 24.3 Å². The van der Waals surface area contributed by atoms with Crippen LogP contribution in [0, 0.1) is 19.8 Å². The highest BCUT2D eigenvalue weighted by molar-refractivity contribution is 5.79. The maximum Gasteiger partial charge on any atom is 0.224 e. The first-order valence-electron chi connectivity index (χ1n) is 12.6. The molecule has 0 radical (unpaired) electrons. The van der Waals surface area contributed by atoms with Crippen molar-refractivity contribution in [3.63, 3.8) is 0 Å². The van der Waals surface area contributed by atoms with Crippen molar-refractivity contribution in [2.24, 2.45) is 5.92 Å². The number of nitrogens with two attached hydrogens (primary N) is 1. The van der Waals surface area contributed by atoms with Gasteiger partial charge in [0.15, 0.2) is 0 Å². The smallest absolute Gasteiger partial charge is 0.224 e. The molecule has 8 nitrogen and oxygen atoms in total. The van der Waals surface area contributed by atoms with Gasteiger partial charge in [-0.3, -0.25) is 9.69 Å². The van der Waals surface area contributed by atoms with Crippen LogP contribution in [0.25, 0.3) is 5.69 Å². The van der Waals surface area contributed by atoms with Gasteiger partial charge in [0, 0.05) is 18.6 Å². The summed E-state index contributed by atoms with van der Waals surface area (Å²) in [6, 6.07) is 13.0. The molecule has 3 atom stereocenters. The van der Waals surface area contributed by atoms with Gasteiger partial charge in [-0.15, -0.1) is 10.0 Å². The first-order chi connectivity index (χ1) is 16.9. The molecule has 1 amide bonds. The van der Waals surface area contributed by atoms with Gasteiger partial charge in [-0.25, -0.2) is 4.68 Å². The number of amides is 1. The normalized spacial score (nSPS) is 22.2. The first kappa shape index (κ1) is 23.5. The summed E-state index contributed by atoms with van der Waals surface area (Å²) in [5, 5.41) is 7.20. The molecule has 2 aromatic carbocycles. The zero-order valence-electron chi connectivity index (χ0n) is 20.9. The minimum absolute atomic E-state index is 0.0977. The van der Waals surface area contributed by atoms with Crippen molar-refractivity contribution in [1.82, 2.24) is 24.9 Å². The topological polar surface area (TPSA) is 90.3 Å². The fraction of sp³-hybridized carbons (Fsp3) is 0.481. The number of piperidine rings is 1. The van der Waals surface area contributed by atoms with E-state index in [1.54, 1.807) is 18.1 Å². The minimum atomic E-state index is 0.0977. The Morgan fingerprint density at radius 1 is 1.14 bits per heavy atom. The summed E-state index contributed by atoms with van der Waals surface area (Å²) in [6.45, 7) is 6.42. The van der Waals surface area contributed by atoms with Crippen molar-refractivity contribution < 1.29 is 9.53 Å². The fourth-order valence-corrected chi connectivity index (χ4v) is 5.94. The Bertz CT molecular complexity index is 1180. The Labute approximate surface area is 207 Å². The average Bonchev–Trinajstić information content (AvgIpc) is 3.25. The van der Waals surface area contributed by atoms with Gasteiger partial charge < -0.3 is 15.9 Å². The van der Waals surface area contributed by atoms with E-state index in [0.29, 0.717) is 18.4 Å².